The molecule has 2 atom stereocenters. The SMILES string of the molecule is CCn1cc([C@@H](CC(=O)N[C@@H](C)CCc2ccccc2)c2cccc(F)c2)c2ccccc21. The summed E-state index contributed by atoms with van der Waals surface area (Å²) < 4.78 is 16.3. The van der Waals surface area contributed by atoms with Gasteiger partial charge in [0.1, 0.15) is 5.82 Å². The van der Waals surface area contributed by atoms with Gasteiger partial charge in [0.15, 0.2) is 0 Å². The number of amides is 1. The normalized spacial score (nSPS) is 13.1. The number of nitrogens with one attached hydrogen (secondary N) is 1. The Morgan fingerprint density at radius 3 is 2.52 bits per heavy atom. The van der Waals surface area contributed by atoms with Crippen molar-refractivity contribution >= 4 is 16.8 Å². The molecule has 1 aromatic heterocycles. The van der Waals surface area contributed by atoms with E-state index in [0.29, 0.717) is 0 Å². The Balaban J connectivity index is 1.56. The van der Waals surface area contributed by atoms with Crippen LogP contribution in [0.1, 0.15) is 49.3 Å². The lowest BCUT2D eigenvalue weighted by molar-refractivity contribution is -0.121. The van der Waals surface area contributed by atoms with Crippen molar-refractivity contribution in [2.24, 2.45) is 0 Å². The summed E-state index contributed by atoms with van der Waals surface area (Å²) in [5.74, 6) is -0.522. The lowest BCUT2D eigenvalue weighted by Gasteiger charge is -2.20. The van der Waals surface area contributed by atoms with Crippen molar-refractivity contribution in [2.45, 2.75) is 51.6 Å². The van der Waals surface area contributed by atoms with Gasteiger partial charge in [0, 0.05) is 42.0 Å². The molecule has 0 aliphatic rings. The van der Waals surface area contributed by atoms with Crippen LogP contribution in [0.5, 0.6) is 0 Å². The zero-order valence-electron chi connectivity index (χ0n) is 19.3. The van der Waals surface area contributed by atoms with E-state index in [1.807, 2.05) is 43.3 Å². The fourth-order valence-corrected chi connectivity index (χ4v) is 4.56. The minimum atomic E-state index is -0.284. The van der Waals surface area contributed by atoms with Gasteiger partial charge in [-0.15, -0.1) is 0 Å². The van der Waals surface area contributed by atoms with Crippen LogP contribution in [0.3, 0.4) is 0 Å². The molecule has 170 valence electrons. The maximum Gasteiger partial charge on any atom is 0.221 e. The highest BCUT2D eigenvalue weighted by Gasteiger charge is 2.23. The third-order valence-electron chi connectivity index (χ3n) is 6.29. The van der Waals surface area contributed by atoms with Crippen LogP contribution >= 0.6 is 0 Å². The first kappa shape index (κ1) is 22.8. The number of hydrogen-bond donors (Lipinski definition) is 1. The zero-order valence-corrected chi connectivity index (χ0v) is 19.3. The van der Waals surface area contributed by atoms with Gasteiger partial charge in [-0.05, 0) is 61.6 Å². The number of benzene rings is 3. The molecule has 0 radical (unpaired) electrons. The topological polar surface area (TPSA) is 34.0 Å². The fraction of sp³-hybridized carbons (Fsp3) is 0.276. The number of fused-ring (bicyclic) bond motifs is 1. The first-order valence-corrected chi connectivity index (χ1v) is 11.7. The number of para-hydroxylation sites is 1. The van der Waals surface area contributed by atoms with Crippen LogP contribution in [0.25, 0.3) is 10.9 Å². The second kappa shape index (κ2) is 10.5. The number of hydrogen-bond acceptors (Lipinski definition) is 1. The molecule has 4 aromatic rings. The molecule has 1 heterocycles. The average Bonchev–Trinajstić information content (AvgIpc) is 3.20. The van der Waals surface area contributed by atoms with Crippen molar-refractivity contribution in [2.75, 3.05) is 0 Å². The quantitative estimate of drug-likeness (QED) is 0.317. The minimum Gasteiger partial charge on any atom is -0.354 e. The van der Waals surface area contributed by atoms with Crippen LogP contribution in [0.2, 0.25) is 0 Å². The molecule has 0 fully saturated rings. The number of aromatic nitrogens is 1. The van der Waals surface area contributed by atoms with Crippen molar-refractivity contribution in [1.82, 2.24) is 9.88 Å². The molecule has 4 rings (SSSR count). The fourth-order valence-electron chi connectivity index (χ4n) is 4.56. The lowest BCUT2D eigenvalue weighted by atomic mass is 9.88. The summed E-state index contributed by atoms with van der Waals surface area (Å²) in [4.78, 5) is 13.1. The van der Waals surface area contributed by atoms with Crippen LogP contribution in [-0.2, 0) is 17.8 Å². The molecule has 0 aliphatic heterocycles. The first-order chi connectivity index (χ1) is 16.0. The predicted octanol–water partition coefficient (Wildman–Crippen LogP) is 6.46. The summed E-state index contributed by atoms with van der Waals surface area (Å²) >= 11 is 0. The van der Waals surface area contributed by atoms with Crippen molar-refractivity contribution in [3.63, 3.8) is 0 Å². The lowest BCUT2D eigenvalue weighted by Crippen LogP contribution is -2.33. The van der Waals surface area contributed by atoms with Gasteiger partial charge < -0.3 is 9.88 Å². The van der Waals surface area contributed by atoms with E-state index in [9.17, 15) is 9.18 Å². The molecule has 0 spiro atoms. The molecule has 0 saturated carbocycles. The Morgan fingerprint density at radius 1 is 1.00 bits per heavy atom. The van der Waals surface area contributed by atoms with Crippen LogP contribution in [0.15, 0.2) is 85.1 Å². The van der Waals surface area contributed by atoms with Gasteiger partial charge in [0.25, 0.3) is 0 Å². The predicted molar refractivity (Wildman–Crippen MR) is 133 cm³/mol. The smallest absolute Gasteiger partial charge is 0.221 e. The third-order valence-corrected chi connectivity index (χ3v) is 6.29. The molecule has 4 heteroatoms. The van der Waals surface area contributed by atoms with Gasteiger partial charge in [0.2, 0.25) is 5.91 Å². The van der Waals surface area contributed by atoms with E-state index in [1.54, 1.807) is 12.1 Å². The van der Waals surface area contributed by atoms with Crippen LogP contribution in [0, 0.1) is 5.82 Å². The number of rotatable bonds is 9. The van der Waals surface area contributed by atoms with E-state index < -0.39 is 0 Å². The largest absolute Gasteiger partial charge is 0.354 e. The molecule has 3 nitrogen and oxygen atoms in total. The molecule has 3 aromatic carbocycles. The summed E-state index contributed by atoms with van der Waals surface area (Å²) in [5.41, 5.74) is 4.28. The maximum absolute atomic E-state index is 14.1. The molecule has 0 aliphatic carbocycles. The van der Waals surface area contributed by atoms with Gasteiger partial charge in [-0.2, -0.15) is 0 Å². The second-order valence-corrected chi connectivity index (χ2v) is 8.69. The number of carbonyl (C=O) groups is 1. The minimum absolute atomic E-state index is 0.0156. The van der Waals surface area contributed by atoms with E-state index in [2.05, 4.69) is 47.3 Å². The third kappa shape index (κ3) is 5.51. The molecular weight excluding hydrogens is 411 g/mol. The number of carbonyl (C=O) groups excluding carboxylic acids is 1. The standard InChI is InChI=1S/C29H31FN2O/c1-3-32-20-27(25-14-7-8-15-28(25)32)26(23-12-9-13-24(30)18-23)19-29(33)31-21(2)16-17-22-10-5-4-6-11-22/h4-15,18,20-21,26H,3,16-17,19H2,1-2H3,(H,31,33)/t21-,26-/m0/s1. The zero-order chi connectivity index (χ0) is 23.2. The molecule has 33 heavy (non-hydrogen) atoms. The van der Waals surface area contributed by atoms with Crippen LogP contribution in [-0.4, -0.2) is 16.5 Å². The Hall–Kier alpha value is -3.40. The maximum atomic E-state index is 14.1. The van der Waals surface area contributed by atoms with Gasteiger partial charge in [-0.25, -0.2) is 4.39 Å². The Bertz CT molecular complexity index is 1210. The van der Waals surface area contributed by atoms with Crippen LogP contribution < -0.4 is 5.32 Å². The molecule has 0 bridgehead atoms. The number of aryl methyl sites for hydroxylation is 2. The van der Waals surface area contributed by atoms with Crippen molar-refractivity contribution in [3.05, 3.63) is 108 Å². The van der Waals surface area contributed by atoms with Crippen molar-refractivity contribution in [1.29, 1.82) is 0 Å². The Kier molecular flexibility index (Phi) is 7.23. The summed E-state index contributed by atoms with van der Waals surface area (Å²) in [6.07, 6.45) is 4.18. The molecule has 0 unspecified atom stereocenters. The summed E-state index contributed by atoms with van der Waals surface area (Å²) in [5, 5.41) is 4.27. The average molecular weight is 443 g/mol. The highest BCUT2D eigenvalue weighted by atomic mass is 19.1. The monoisotopic (exact) mass is 442 g/mol. The van der Waals surface area contributed by atoms with Gasteiger partial charge in [0.05, 0.1) is 0 Å². The molecule has 0 saturated heterocycles. The number of nitrogens with zero attached hydrogens (tertiary/aromatic N) is 1. The Labute approximate surface area is 195 Å². The van der Waals surface area contributed by atoms with Gasteiger partial charge in [-0.3, -0.25) is 4.79 Å². The van der Waals surface area contributed by atoms with E-state index >= 15 is 0 Å². The molecule has 1 N–H and O–H groups in total. The first-order valence-electron chi connectivity index (χ1n) is 11.7. The number of halogens is 1. The summed E-state index contributed by atoms with van der Waals surface area (Å²) in [6.45, 7) is 4.98. The second-order valence-electron chi connectivity index (χ2n) is 8.69. The molecular formula is C29H31FN2O. The van der Waals surface area contributed by atoms with E-state index in [-0.39, 0.29) is 30.1 Å². The van der Waals surface area contributed by atoms with E-state index in [1.165, 1.54) is 11.6 Å². The van der Waals surface area contributed by atoms with Crippen molar-refractivity contribution < 1.29 is 9.18 Å². The highest BCUT2D eigenvalue weighted by Crippen LogP contribution is 2.35. The Morgan fingerprint density at radius 2 is 1.76 bits per heavy atom. The van der Waals surface area contributed by atoms with Crippen molar-refractivity contribution in [3.8, 4) is 0 Å². The van der Waals surface area contributed by atoms with E-state index in [4.69, 9.17) is 0 Å². The summed E-state index contributed by atoms with van der Waals surface area (Å²) in [6, 6.07) is 25.2. The van der Waals surface area contributed by atoms with E-state index in [0.717, 1.165) is 41.4 Å². The highest BCUT2D eigenvalue weighted by molar-refractivity contribution is 5.86. The van der Waals surface area contributed by atoms with Gasteiger partial charge in [-0.1, -0.05) is 60.7 Å². The summed E-state index contributed by atoms with van der Waals surface area (Å²) in [7, 11) is 0. The van der Waals surface area contributed by atoms with Crippen LogP contribution in [0.4, 0.5) is 4.39 Å². The molecule has 1 amide bonds. The van der Waals surface area contributed by atoms with Gasteiger partial charge >= 0.3 is 0 Å².